The predicted octanol–water partition coefficient (Wildman–Crippen LogP) is 3.31. The number of likely N-dealkylation sites (N-methyl/N-ethyl adjacent to an activating group) is 1. The zero-order valence-corrected chi connectivity index (χ0v) is 15.2. The smallest absolute Gasteiger partial charge is 0.0850 e. The van der Waals surface area contributed by atoms with Gasteiger partial charge in [-0.3, -0.25) is 4.68 Å². The maximum atomic E-state index is 6.52. The molecule has 2 unspecified atom stereocenters. The number of methoxy groups -OCH3 is 1. The van der Waals surface area contributed by atoms with Gasteiger partial charge in [-0.05, 0) is 25.8 Å². The van der Waals surface area contributed by atoms with Crippen LogP contribution in [0.1, 0.15) is 46.0 Å². The number of halogens is 1. The molecule has 0 aliphatic rings. The lowest BCUT2D eigenvalue weighted by atomic mass is 9.83. The molecular formula is C16H30ClN3O. The van der Waals surface area contributed by atoms with Crippen molar-refractivity contribution in [3.63, 3.8) is 0 Å². The van der Waals surface area contributed by atoms with E-state index in [1.807, 2.05) is 11.7 Å². The van der Waals surface area contributed by atoms with Crippen molar-refractivity contribution in [2.45, 2.75) is 66.2 Å². The fourth-order valence-corrected chi connectivity index (χ4v) is 3.25. The van der Waals surface area contributed by atoms with E-state index in [0.29, 0.717) is 0 Å². The van der Waals surface area contributed by atoms with Crippen LogP contribution in [0.5, 0.6) is 0 Å². The van der Waals surface area contributed by atoms with E-state index < -0.39 is 0 Å². The van der Waals surface area contributed by atoms with Gasteiger partial charge in [0.15, 0.2) is 0 Å². The highest BCUT2D eigenvalue weighted by atomic mass is 35.5. The Morgan fingerprint density at radius 2 is 1.95 bits per heavy atom. The largest absolute Gasteiger partial charge is 0.379 e. The van der Waals surface area contributed by atoms with Gasteiger partial charge in [-0.25, -0.2) is 0 Å². The minimum absolute atomic E-state index is 0.0551. The van der Waals surface area contributed by atoms with Crippen LogP contribution in [0.3, 0.4) is 0 Å². The van der Waals surface area contributed by atoms with Crippen molar-refractivity contribution >= 4 is 11.6 Å². The molecule has 0 saturated heterocycles. The zero-order chi connectivity index (χ0) is 16.2. The van der Waals surface area contributed by atoms with Crippen LogP contribution >= 0.6 is 11.6 Å². The van der Waals surface area contributed by atoms with Crippen LogP contribution in [0, 0.1) is 5.41 Å². The summed E-state index contributed by atoms with van der Waals surface area (Å²) >= 11 is 6.52. The summed E-state index contributed by atoms with van der Waals surface area (Å²) in [5.41, 5.74) is 2.13. The number of aromatic nitrogens is 2. The summed E-state index contributed by atoms with van der Waals surface area (Å²) in [5.74, 6) is 0. The molecule has 0 saturated carbocycles. The lowest BCUT2D eigenvalue weighted by molar-refractivity contribution is -0.00962. The van der Waals surface area contributed by atoms with Crippen molar-refractivity contribution in [2.75, 3.05) is 14.2 Å². The van der Waals surface area contributed by atoms with Crippen LogP contribution in [0.25, 0.3) is 0 Å². The maximum absolute atomic E-state index is 6.52. The van der Waals surface area contributed by atoms with Crippen molar-refractivity contribution < 1.29 is 4.74 Å². The second kappa shape index (κ2) is 7.61. The Bertz CT molecular complexity index is 451. The van der Waals surface area contributed by atoms with Crippen molar-refractivity contribution in [3.05, 3.63) is 16.4 Å². The Balaban J connectivity index is 3.09. The average molecular weight is 316 g/mol. The fourth-order valence-electron chi connectivity index (χ4n) is 2.90. The summed E-state index contributed by atoms with van der Waals surface area (Å²) in [4.78, 5) is 0. The Labute approximate surface area is 134 Å². The van der Waals surface area contributed by atoms with E-state index in [1.165, 1.54) is 0 Å². The molecule has 5 heteroatoms. The molecule has 0 aliphatic heterocycles. The second-order valence-corrected chi connectivity index (χ2v) is 6.88. The SMILES string of the molecule is CCc1nn(CC)c(CC(NC)C(OC)C(C)(C)C)c1Cl. The molecule has 0 bridgehead atoms. The molecule has 1 heterocycles. The second-order valence-electron chi connectivity index (χ2n) is 6.50. The highest BCUT2D eigenvalue weighted by molar-refractivity contribution is 6.31. The first-order valence-corrected chi connectivity index (χ1v) is 8.11. The molecule has 0 fully saturated rings. The molecule has 0 spiro atoms. The first-order valence-electron chi connectivity index (χ1n) is 7.74. The summed E-state index contributed by atoms with van der Waals surface area (Å²) in [6.07, 6.45) is 1.77. The van der Waals surface area contributed by atoms with E-state index in [2.05, 4.69) is 45.0 Å². The van der Waals surface area contributed by atoms with Crippen LogP contribution in [-0.4, -0.2) is 36.1 Å². The summed E-state index contributed by atoms with van der Waals surface area (Å²) in [6, 6.07) is 0.194. The third-order valence-corrected chi connectivity index (χ3v) is 4.39. The lowest BCUT2D eigenvalue weighted by Gasteiger charge is -2.36. The zero-order valence-electron chi connectivity index (χ0n) is 14.5. The minimum Gasteiger partial charge on any atom is -0.379 e. The van der Waals surface area contributed by atoms with Gasteiger partial charge in [0.05, 0.1) is 22.5 Å². The van der Waals surface area contributed by atoms with Gasteiger partial charge >= 0.3 is 0 Å². The highest BCUT2D eigenvalue weighted by Crippen LogP contribution is 2.29. The van der Waals surface area contributed by atoms with Crippen molar-refractivity contribution in [3.8, 4) is 0 Å². The molecule has 4 nitrogen and oxygen atoms in total. The van der Waals surface area contributed by atoms with Crippen LogP contribution in [0.4, 0.5) is 0 Å². The number of aryl methyl sites for hydroxylation is 2. The molecule has 21 heavy (non-hydrogen) atoms. The Morgan fingerprint density at radius 1 is 1.33 bits per heavy atom. The van der Waals surface area contributed by atoms with Gasteiger partial charge in [0.2, 0.25) is 0 Å². The molecule has 1 rings (SSSR count). The molecule has 1 aromatic heterocycles. The number of nitrogens with one attached hydrogen (secondary N) is 1. The Kier molecular flexibility index (Phi) is 6.70. The van der Waals surface area contributed by atoms with E-state index >= 15 is 0 Å². The average Bonchev–Trinajstić information content (AvgIpc) is 2.73. The molecule has 122 valence electrons. The molecule has 0 amide bonds. The normalized spacial score (nSPS) is 15.2. The third kappa shape index (κ3) is 4.21. The maximum Gasteiger partial charge on any atom is 0.0850 e. The predicted molar refractivity (Wildman–Crippen MR) is 89.1 cm³/mol. The van der Waals surface area contributed by atoms with Gasteiger partial charge in [-0.1, -0.05) is 39.3 Å². The summed E-state index contributed by atoms with van der Waals surface area (Å²) in [6.45, 7) is 11.6. The first kappa shape index (κ1) is 18.5. The molecule has 1 N–H and O–H groups in total. The quantitative estimate of drug-likeness (QED) is 0.839. The highest BCUT2D eigenvalue weighted by Gasteiger charge is 2.33. The van der Waals surface area contributed by atoms with Gasteiger partial charge in [0.1, 0.15) is 0 Å². The van der Waals surface area contributed by atoms with Crippen molar-refractivity contribution in [1.29, 1.82) is 0 Å². The monoisotopic (exact) mass is 315 g/mol. The number of ether oxygens (including phenoxy) is 1. The minimum atomic E-state index is 0.0551. The van der Waals surface area contributed by atoms with E-state index in [1.54, 1.807) is 7.11 Å². The molecular weight excluding hydrogens is 286 g/mol. The van der Waals surface area contributed by atoms with Crippen LogP contribution in [0.2, 0.25) is 5.02 Å². The van der Waals surface area contributed by atoms with Gasteiger partial charge < -0.3 is 10.1 Å². The standard InChI is InChI=1S/C16H30ClN3O/c1-8-11-14(17)13(20(9-2)19-11)10-12(18-6)15(21-7)16(3,4)5/h12,15,18H,8-10H2,1-7H3. The van der Waals surface area contributed by atoms with Crippen LogP contribution in [0.15, 0.2) is 0 Å². The number of rotatable bonds is 7. The fraction of sp³-hybridized carbons (Fsp3) is 0.812. The van der Waals surface area contributed by atoms with Gasteiger partial charge in [0.25, 0.3) is 0 Å². The molecule has 0 aliphatic carbocycles. The van der Waals surface area contributed by atoms with Gasteiger partial charge in [-0.15, -0.1) is 0 Å². The van der Waals surface area contributed by atoms with Crippen LogP contribution < -0.4 is 5.32 Å². The van der Waals surface area contributed by atoms with Gasteiger partial charge in [0, 0.05) is 26.1 Å². The molecule has 0 radical (unpaired) electrons. The van der Waals surface area contributed by atoms with E-state index in [-0.39, 0.29) is 17.6 Å². The van der Waals surface area contributed by atoms with E-state index in [0.717, 1.165) is 35.8 Å². The Morgan fingerprint density at radius 3 is 2.33 bits per heavy atom. The third-order valence-electron chi connectivity index (χ3n) is 3.95. The lowest BCUT2D eigenvalue weighted by Crippen LogP contribution is -2.48. The summed E-state index contributed by atoms with van der Waals surface area (Å²) < 4.78 is 7.77. The summed E-state index contributed by atoms with van der Waals surface area (Å²) in [7, 11) is 3.75. The molecule has 0 aromatic carbocycles. The number of nitrogens with zero attached hydrogens (tertiary/aromatic N) is 2. The van der Waals surface area contributed by atoms with Crippen molar-refractivity contribution in [1.82, 2.24) is 15.1 Å². The van der Waals surface area contributed by atoms with Crippen LogP contribution in [-0.2, 0) is 24.1 Å². The van der Waals surface area contributed by atoms with E-state index in [9.17, 15) is 0 Å². The van der Waals surface area contributed by atoms with Crippen molar-refractivity contribution in [2.24, 2.45) is 5.41 Å². The number of hydrogen-bond acceptors (Lipinski definition) is 3. The van der Waals surface area contributed by atoms with E-state index in [4.69, 9.17) is 16.3 Å². The Hall–Kier alpha value is -0.580. The van der Waals surface area contributed by atoms with Gasteiger partial charge in [-0.2, -0.15) is 5.10 Å². The topological polar surface area (TPSA) is 39.1 Å². The molecule has 2 atom stereocenters. The first-order chi connectivity index (χ1) is 9.79. The molecule has 1 aromatic rings. The summed E-state index contributed by atoms with van der Waals surface area (Å²) in [5, 5.41) is 8.80. The number of hydrogen-bond donors (Lipinski definition) is 1.